The molecule has 0 bridgehead atoms. The number of benzene rings is 1. The fourth-order valence-electron chi connectivity index (χ4n) is 4.14. The monoisotopic (exact) mass is 379 g/mol. The van der Waals surface area contributed by atoms with Gasteiger partial charge in [-0.15, -0.1) is 0 Å². The molecule has 1 atom stereocenters. The molecule has 1 saturated carbocycles. The lowest BCUT2D eigenvalue weighted by Crippen LogP contribution is -2.48. The predicted octanol–water partition coefficient (Wildman–Crippen LogP) is 4.04. The van der Waals surface area contributed by atoms with Gasteiger partial charge in [-0.3, -0.25) is 0 Å². The second-order valence-corrected chi connectivity index (χ2v) is 8.33. The van der Waals surface area contributed by atoms with E-state index in [-0.39, 0.29) is 0 Å². The van der Waals surface area contributed by atoms with Gasteiger partial charge in [0, 0.05) is 24.9 Å². The van der Waals surface area contributed by atoms with Gasteiger partial charge in [0.15, 0.2) is 11.5 Å². The summed E-state index contributed by atoms with van der Waals surface area (Å²) in [5, 5.41) is 0.390. The van der Waals surface area contributed by atoms with Crippen LogP contribution in [-0.2, 0) is 4.74 Å². The number of halogens is 1. The second-order valence-electron chi connectivity index (χ2n) is 7.92. The summed E-state index contributed by atoms with van der Waals surface area (Å²) in [4.78, 5) is 14.6. The van der Waals surface area contributed by atoms with Crippen LogP contribution in [0.3, 0.4) is 0 Å². The Morgan fingerprint density at radius 3 is 2.54 bits per heavy atom. The summed E-state index contributed by atoms with van der Waals surface area (Å²) < 4.78 is 17.3. The highest BCUT2D eigenvalue weighted by Gasteiger charge is 2.47. The highest BCUT2D eigenvalue weighted by atomic mass is 35.5. The Morgan fingerprint density at radius 1 is 1.27 bits per heavy atom. The van der Waals surface area contributed by atoms with Crippen LogP contribution in [0.25, 0.3) is 0 Å². The summed E-state index contributed by atoms with van der Waals surface area (Å²) in [6.45, 7) is 7.23. The molecule has 0 amide bonds. The molecule has 4 rings (SSSR count). The van der Waals surface area contributed by atoms with E-state index in [0.29, 0.717) is 33.6 Å². The summed E-state index contributed by atoms with van der Waals surface area (Å²) in [6.07, 6.45) is 4.86. The van der Waals surface area contributed by atoms with E-state index in [1.807, 2.05) is 13.8 Å². The van der Waals surface area contributed by atoms with Gasteiger partial charge >= 0.3 is 5.97 Å². The molecule has 6 heteroatoms. The van der Waals surface area contributed by atoms with Crippen LogP contribution < -0.4 is 9.47 Å². The van der Waals surface area contributed by atoms with Crippen LogP contribution in [0.5, 0.6) is 11.5 Å². The van der Waals surface area contributed by atoms with Crippen LogP contribution in [0.15, 0.2) is 6.07 Å². The topological polar surface area (TPSA) is 48.0 Å². The van der Waals surface area contributed by atoms with Gasteiger partial charge in [0.1, 0.15) is 0 Å². The minimum absolute atomic E-state index is 0.294. The molecule has 0 unspecified atom stereocenters. The molecular formula is C20H26ClNO4. The number of piperidine rings is 1. The summed E-state index contributed by atoms with van der Waals surface area (Å²) in [5.41, 5.74) is 1.13. The normalized spacial score (nSPS) is 26.2. The number of rotatable bonds is 4. The zero-order chi connectivity index (χ0) is 18.5. The van der Waals surface area contributed by atoms with Crippen molar-refractivity contribution in [3.05, 3.63) is 22.2 Å². The lowest BCUT2D eigenvalue weighted by atomic mass is 9.89. The number of ether oxygens (including phenoxy) is 3. The first kappa shape index (κ1) is 17.9. The van der Waals surface area contributed by atoms with Crippen LogP contribution >= 0.6 is 11.6 Å². The van der Waals surface area contributed by atoms with Crippen molar-refractivity contribution in [2.24, 2.45) is 11.8 Å². The molecule has 1 aromatic rings. The lowest BCUT2D eigenvalue weighted by molar-refractivity contribution is -0.125. The first-order valence-corrected chi connectivity index (χ1v) is 9.81. The Bertz CT molecular complexity index is 725. The molecule has 142 valence electrons. The van der Waals surface area contributed by atoms with Crippen molar-refractivity contribution >= 4 is 17.6 Å². The van der Waals surface area contributed by atoms with E-state index >= 15 is 0 Å². The Hall–Kier alpha value is -1.46. The van der Waals surface area contributed by atoms with E-state index in [0.717, 1.165) is 31.8 Å². The Labute approximate surface area is 159 Å². The van der Waals surface area contributed by atoms with Crippen molar-refractivity contribution in [1.29, 1.82) is 0 Å². The van der Waals surface area contributed by atoms with Crippen molar-refractivity contribution < 1.29 is 19.0 Å². The molecule has 1 saturated heterocycles. The van der Waals surface area contributed by atoms with E-state index in [9.17, 15) is 4.79 Å². The maximum Gasteiger partial charge on any atom is 0.338 e. The Morgan fingerprint density at radius 2 is 1.92 bits per heavy atom. The fourth-order valence-corrected chi connectivity index (χ4v) is 4.37. The van der Waals surface area contributed by atoms with Crippen LogP contribution in [0.1, 0.15) is 48.5 Å². The average molecular weight is 380 g/mol. The van der Waals surface area contributed by atoms with Crippen LogP contribution in [-0.4, -0.2) is 43.4 Å². The number of hydrogen-bond acceptors (Lipinski definition) is 5. The van der Waals surface area contributed by atoms with E-state index in [2.05, 4.69) is 4.90 Å². The van der Waals surface area contributed by atoms with Gasteiger partial charge in [-0.05, 0) is 57.7 Å². The molecule has 2 heterocycles. The molecule has 1 aliphatic carbocycles. The Kier molecular flexibility index (Phi) is 4.56. The minimum Gasteiger partial charge on any atom is -0.465 e. The molecule has 3 aliphatic rings. The molecule has 26 heavy (non-hydrogen) atoms. The van der Waals surface area contributed by atoms with E-state index in [1.165, 1.54) is 26.5 Å². The van der Waals surface area contributed by atoms with Crippen molar-refractivity contribution in [3.8, 4) is 11.5 Å². The van der Waals surface area contributed by atoms with Gasteiger partial charge < -0.3 is 19.1 Å². The second kappa shape index (κ2) is 6.61. The molecule has 0 radical (unpaired) electrons. The van der Waals surface area contributed by atoms with Crippen molar-refractivity contribution in [3.63, 3.8) is 0 Å². The van der Waals surface area contributed by atoms with Gasteiger partial charge in [-0.1, -0.05) is 11.6 Å². The number of fused-ring (bicyclic) bond motifs is 1. The third kappa shape index (κ3) is 3.16. The maximum absolute atomic E-state index is 12.0. The standard InChI is InChI=1S/C20H26ClNO4/c1-12-15(19(23)24-3)10-16(21)18-17(12)25-20(2,26-18)14-6-8-22(9-7-14)11-13-4-5-13/h10,13-14H,4-9,11H2,1-3H3/t20-/m0/s1. The van der Waals surface area contributed by atoms with Crippen LogP contribution in [0.4, 0.5) is 0 Å². The number of hydrogen-bond donors (Lipinski definition) is 0. The zero-order valence-corrected chi connectivity index (χ0v) is 16.4. The lowest BCUT2D eigenvalue weighted by Gasteiger charge is -2.38. The number of esters is 1. The van der Waals surface area contributed by atoms with Crippen molar-refractivity contribution in [1.82, 2.24) is 4.90 Å². The minimum atomic E-state index is -0.739. The third-order valence-electron chi connectivity index (χ3n) is 6.00. The summed E-state index contributed by atoms with van der Waals surface area (Å²) in [6, 6.07) is 1.61. The molecular weight excluding hydrogens is 354 g/mol. The number of methoxy groups -OCH3 is 1. The number of carbonyl (C=O) groups excluding carboxylic acids is 1. The smallest absolute Gasteiger partial charge is 0.338 e. The Balaban J connectivity index is 1.51. The molecule has 0 spiro atoms. The van der Waals surface area contributed by atoms with Gasteiger partial charge in [-0.2, -0.15) is 0 Å². The van der Waals surface area contributed by atoms with Gasteiger partial charge in [0.25, 0.3) is 5.79 Å². The zero-order valence-electron chi connectivity index (χ0n) is 15.6. The molecule has 2 aliphatic heterocycles. The SMILES string of the molecule is COC(=O)c1cc(Cl)c2c(c1C)O[C@](C)(C1CCN(CC3CC3)CC1)O2. The number of carbonyl (C=O) groups is 1. The van der Waals surface area contributed by atoms with E-state index in [4.69, 9.17) is 25.8 Å². The maximum atomic E-state index is 12.0. The number of likely N-dealkylation sites (tertiary alicyclic amines) is 1. The highest BCUT2D eigenvalue weighted by Crippen LogP contribution is 2.51. The molecule has 5 nitrogen and oxygen atoms in total. The van der Waals surface area contributed by atoms with E-state index < -0.39 is 11.8 Å². The molecule has 0 aromatic heterocycles. The molecule has 1 aromatic carbocycles. The third-order valence-corrected chi connectivity index (χ3v) is 6.28. The highest BCUT2D eigenvalue weighted by molar-refractivity contribution is 6.32. The van der Waals surface area contributed by atoms with E-state index in [1.54, 1.807) is 6.07 Å². The van der Waals surface area contributed by atoms with Gasteiger partial charge in [-0.25, -0.2) is 4.79 Å². The largest absolute Gasteiger partial charge is 0.465 e. The predicted molar refractivity (Wildman–Crippen MR) is 99.1 cm³/mol. The fraction of sp³-hybridized carbons (Fsp3) is 0.650. The van der Waals surface area contributed by atoms with Gasteiger partial charge in [0.05, 0.1) is 17.7 Å². The van der Waals surface area contributed by atoms with Crippen molar-refractivity contribution in [2.75, 3.05) is 26.7 Å². The quantitative estimate of drug-likeness (QED) is 0.739. The summed E-state index contributed by atoms with van der Waals surface area (Å²) >= 11 is 6.38. The first-order chi connectivity index (χ1) is 12.4. The first-order valence-electron chi connectivity index (χ1n) is 9.43. The number of nitrogens with zero attached hydrogens (tertiary/aromatic N) is 1. The van der Waals surface area contributed by atoms with Crippen LogP contribution in [0.2, 0.25) is 5.02 Å². The summed E-state index contributed by atoms with van der Waals surface area (Å²) in [7, 11) is 1.36. The average Bonchev–Trinajstić information content (AvgIpc) is 3.37. The van der Waals surface area contributed by atoms with Crippen molar-refractivity contribution in [2.45, 2.75) is 45.3 Å². The van der Waals surface area contributed by atoms with Crippen LogP contribution in [0, 0.1) is 18.8 Å². The summed E-state index contributed by atoms with van der Waals surface area (Å²) in [5.74, 6) is 1.17. The molecule has 2 fully saturated rings. The molecule has 0 N–H and O–H groups in total. The van der Waals surface area contributed by atoms with Gasteiger partial charge in [0.2, 0.25) is 0 Å².